The van der Waals surface area contributed by atoms with Crippen LogP contribution in [0.1, 0.15) is 36.2 Å². The van der Waals surface area contributed by atoms with E-state index in [0.717, 1.165) is 34.1 Å². The first-order chi connectivity index (χ1) is 17.9. The molecule has 0 bridgehead atoms. The predicted molar refractivity (Wildman–Crippen MR) is 145 cm³/mol. The van der Waals surface area contributed by atoms with Crippen LogP contribution in [0.3, 0.4) is 0 Å². The summed E-state index contributed by atoms with van der Waals surface area (Å²) in [7, 11) is 0. The molecule has 5 rings (SSSR count). The molecule has 1 aliphatic rings. The summed E-state index contributed by atoms with van der Waals surface area (Å²) in [5.74, 6) is 0.410. The third-order valence-electron chi connectivity index (χ3n) is 6.25. The number of aromatic amines is 1. The highest BCUT2D eigenvalue weighted by Crippen LogP contribution is 2.39. The number of halogens is 2. The van der Waals surface area contributed by atoms with E-state index in [9.17, 15) is 9.59 Å². The van der Waals surface area contributed by atoms with E-state index in [-0.39, 0.29) is 0 Å². The number of hydrogen-bond donors (Lipinski definition) is 2. The summed E-state index contributed by atoms with van der Waals surface area (Å²) in [6.45, 7) is 2.74. The largest absolute Gasteiger partial charge is 0.449 e. The second kappa shape index (κ2) is 10.7. The zero-order valence-corrected chi connectivity index (χ0v) is 21.6. The lowest BCUT2D eigenvalue weighted by Crippen LogP contribution is -2.42. The van der Waals surface area contributed by atoms with Gasteiger partial charge in [-0.2, -0.15) is 0 Å². The highest BCUT2D eigenvalue weighted by molar-refractivity contribution is 6.31. The maximum absolute atomic E-state index is 13.4. The van der Waals surface area contributed by atoms with Crippen LogP contribution in [0.15, 0.2) is 66.7 Å². The van der Waals surface area contributed by atoms with Gasteiger partial charge in [0.15, 0.2) is 0 Å². The van der Waals surface area contributed by atoms with Crippen molar-refractivity contribution in [3.63, 3.8) is 0 Å². The predicted octanol–water partition coefficient (Wildman–Crippen LogP) is 7.58. The van der Waals surface area contributed by atoms with Gasteiger partial charge in [-0.25, -0.2) is 9.59 Å². The van der Waals surface area contributed by atoms with E-state index in [1.165, 1.54) is 0 Å². The number of aromatic nitrogens is 1. The van der Waals surface area contributed by atoms with Gasteiger partial charge in [-0.1, -0.05) is 42.3 Å². The Morgan fingerprint density at radius 3 is 2.49 bits per heavy atom. The van der Waals surface area contributed by atoms with Crippen molar-refractivity contribution in [3.05, 3.63) is 93.6 Å². The minimum Gasteiger partial charge on any atom is -0.449 e. The number of rotatable bonds is 5. The lowest BCUT2D eigenvalue weighted by Gasteiger charge is -2.35. The Hall–Kier alpha value is -3.68. The van der Waals surface area contributed by atoms with Crippen molar-refractivity contribution >= 4 is 52.0 Å². The summed E-state index contributed by atoms with van der Waals surface area (Å²) in [5.41, 5.74) is 4.42. The Morgan fingerprint density at radius 1 is 1.03 bits per heavy atom. The van der Waals surface area contributed by atoms with Gasteiger partial charge in [-0.15, -0.1) is 0 Å². The average Bonchev–Trinajstić information content (AvgIpc) is 3.26. The number of amides is 2. The molecule has 1 atom stereocenters. The Balaban J connectivity index is 1.49. The third-order valence-corrected chi connectivity index (χ3v) is 6.74. The molecule has 0 radical (unpaired) electrons. The van der Waals surface area contributed by atoms with Crippen LogP contribution < -0.4 is 10.1 Å². The van der Waals surface area contributed by atoms with E-state index < -0.39 is 18.2 Å². The van der Waals surface area contributed by atoms with Gasteiger partial charge in [0, 0.05) is 38.9 Å². The molecule has 7 nitrogen and oxygen atoms in total. The van der Waals surface area contributed by atoms with Crippen LogP contribution in [-0.2, 0) is 11.2 Å². The number of nitrogens with zero attached hydrogens (tertiary/aromatic N) is 1. The molecule has 2 heterocycles. The number of H-pyrrole nitrogens is 1. The topological polar surface area (TPSA) is 83.7 Å². The molecule has 2 N–H and O–H groups in total. The first-order valence-corrected chi connectivity index (χ1v) is 12.8. The van der Waals surface area contributed by atoms with E-state index in [0.29, 0.717) is 41.1 Å². The summed E-state index contributed by atoms with van der Waals surface area (Å²) in [6.07, 6.45) is 0.411. The maximum atomic E-state index is 13.4. The lowest BCUT2D eigenvalue weighted by molar-refractivity contribution is 0.135. The summed E-state index contributed by atoms with van der Waals surface area (Å²) in [4.78, 5) is 30.6. The first kappa shape index (κ1) is 25.0. The summed E-state index contributed by atoms with van der Waals surface area (Å²) >= 11 is 12.3. The number of hydrogen-bond acceptors (Lipinski definition) is 4. The van der Waals surface area contributed by atoms with E-state index in [4.69, 9.17) is 32.7 Å². The van der Waals surface area contributed by atoms with E-state index in [1.54, 1.807) is 41.3 Å². The first-order valence-electron chi connectivity index (χ1n) is 12.0. The Morgan fingerprint density at radius 2 is 1.76 bits per heavy atom. The van der Waals surface area contributed by atoms with Gasteiger partial charge >= 0.3 is 12.2 Å². The summed E-state index contributed by atoms with van der Waals surface area (Å²) < 4.78 is 10.8. The molecule has 3 aromatic carbocycles. The van der Waals surface area contributed by atoms with Crippen LogP contribution >= 0.6 is 23.2 Å². The van der Waals surface area contributed by atoms with Gasteiger partial charge in [0.05, 0.1) is 6.61 Å². The van der Waals surface area contributed by atoms with Gasteiger partial charge in [0.2, 0.25) is 0 Å². The molecular formula is C28H25Cl2N3O4. The van der Waals surface area contributed by atoms with Crippen LogP contribution in [-0.4, -0.2) is 35.2 Å². The van der Waals surface area contributed by atoms with Crippen molar-refractivity contribution in [2.24, 2.45) is 0 Å². The number of ether oxygens (including phenoxy) is 2. The van der Waals surface area contributed by atoms with Gasteiger partial charge < -0.3 is 14.5 Å². The lowest BCUT2D eigenvalue weighted by atomic mass is 9.92. The molecule has 0 saturated heterocycles. The minimum absolute atomic E-state index is 0.351. The SMILES string of the molecule is CCCOC(=O)Nc1ccc(C2c3[nH]c4ccc(Cl)cc4c3CCN2C(=O)Oc2ccc(Cl)cc2)cc1. The number of anilines is 1. The zero-order chi connectivity index (χ0) is 25.9. The molecule has 190 valence electrons. The molecule has 0 aliphatic carbocycles. The highest BCUT2D eigenvalue weighted by atomic mass is 35.5. The van der Waals surface area contributed by atoms with Crippen LogP contribution in [0, 0.1) is 0 Å². The Bertz CT molecular complexity index is 1430. The van der Waals surface area contributed by atoms with Gasteiger partial charge in [0.25, 0.3) is 0 Å². The fraction of sp³-hybridized carbons (Fsp3) is 0.214. The van der Waals surface area contributed by atoms with Gasteiger partial charge in [-0.3, -0.25) is 10.2 Å². The van der Waals surface area contributed by atoms with E-state index in [2.05, 4.69) is 10.3 Å². The van der Waals surface area contributed by atoms with Gasteiger partial charge in [0.1, 0.15) is 11.8 Å². The number of nitrogens with one attached hydrogen (secondary N) is 2. The Kier molecular flexibility index (Phi) is 7.26. The fourth-order valence-electron chi connectivity index (χ4n) is 4.56. The van der Waals surface area contributed by atoms with Crippen molar-refractivity contribution in [3.8, 4) is 5.75 Å². The van der Waals surface area contributed by atoms with Gasteiger partial charge in [-0.05, 0) is 78.6 Å². The highest BCUT2D eigenvalue weighted by Gasteiger charge is 2.35. The summed E-state index contributed by atoms with van der Waals surface area (Å²) in [5, 5.41) is 4.98. The molecule has 9 heteroatoms. The van der Waals surface area contributed by atoms with E-state index >= 15 is 0 Å². The second-order valence-electron chi connectivity index (χ2n) is 8.76. The molecule has 37 heavy (non-hydrogen) atoms. The quantitative estimate of drug-likeness (QED) is 0.274. The van der Waals surface area contributed by atoms with E-state index in [1.807, 2.05) is 37.3 Å². The van der Waals surface area contributed by atoms with Crippen molar-refractivity contribution in [1.29, 1.82) is 0 Å². The number of carbonyl (C=O) groups is 2. The third kappa shape index (κ3) is 5.38. The van der Waals surface area contributed by atoms with Crippen LogP contribution in [0.5, 0.6) is 5.75 Å². The molecule has 1 aliphatic heterocycles. The van der Waals surface area contributed by atoms with Crippen molar-refractivity contribution in [1.82, 2.24) is 9.88 Å². The molecule has 2 amide bonds. The smallest absolute Gasteiger partial charge is 0.416 e. The fourth-order valence-corrected chi connectivity index (χ4v) is 4.86. The second-order valence-corrected chi connectivity index (χ2v) is 9.63. The normalized spacial score (nSPS) is 14.8. The van der Waals surface area contributed by atoms with Crippen molar-refractivity contribution in [2.45, 2.75) is 25.8 Å². The molecule has 1 unspecified atom stereocenters. The minimum atomic E-state index is -0.504. The molecular weight excluding hydrogens is 513 g/mol. The Labute approximate surface area is 224 Å². The van der Waals surface area contributed by atoms with Crippen molar-refractivity contribution < 1.29 is 19.1 Å². The molecule has 0 saturated carbocycles. The van der Waals surface area contributed by atoms with Crippen molar-refractivity contribution in [2.75, 3.05) is 18.5 Å². The van der Waals surface area contributed by atoms with Crippen LogP contribution in [0.2, 0.25) is 10.0 Å². The number of fused-ring (bicyclic) bond motifs is 3. The van der Waals surface area contributed by atoms with Crippen LogP contribution in [0.25, 0.3) is 10.9 Å². The average molecular weight is 538 g/mol. The number of benzene rings is 3. The molecule has 1 aromatic heterocycles. The summed E-state index contributed by atoms with van der Waals surface area (Å²) in [6, 6.07) is 19.3. The standard InChI is InChI=1S/C28H25Cl2N3O4/c1-2-15-36-27(34)31-20-8-3-17(4-9-20)26-25-22(23-16-19(30)7-12-24(23)32-25)13-14-33(26)28(35)37-21-10-5-18(29)6-11-21/h3-12,16,26,32H,2,13-15H2,1H3,(H,31,34). The monoisotopic (exact) mass is 537 g/mol. The molecule has 4 aromatic rings. The number of carbonyl (C=O) groups excluding carboxylic acids is 2. The molecule has 0 fully saturated rings. The maximum Gasteiger partial charge on any atom is 0.416 e. The van der Waals surface area contributed by atoms with Crippen LogP contribution in [0.4, 0.5) is 15.3 Å². The zero-order valence-electron chi connectivity index (χ0n) is 20.1. The molecule has 0 spiro atoms.